The molecule has 40 heavy (non-hydrogen) atoms. The van der Waals surface area contributed by atoms with E-state index in [1.54, 1.807) is 31.2 Å². The van der Waals surface area contributed by atoms with Crippen molar-refractivity contribution in [1.29, 1.82) is 0 Å². The van der Waals surface area contributed by atoms with Crippen molar-refractivity contribution in [3.63, 3.8) is 0 Å². The highest BCUT2D eigenvalue weighted by atomic mass is 35.5. The maximum absolute atomic E-state index is 13.6. The number of hydrogen-bond acceptors (Lipinski definition) is 6. The SMILES string of the molecule is CC1CC12C(=O)N(c1ccc(S(=O)(=O)C(F)(F)F)cc1)C(=O)N2c1ccnc(C(=O)NCc2ccc(Cl)cc2)c1. The highest BCUT2D eigenvalue weighted by Crippen LogP contribution is 2.55. The zero-order chi connectivity index (χ0) is 29.0. The first-order chi connectivity index (χ1) is 18.8. The molecule has 2 aromatic carbocycles. The molecule has 2 fully saturated rings. The number of carbonyl (C=O) groups is 3. The molecule has 1 N–H and O–H groups in total. The number of alkyl halides is 3. The maximum atomic E-state index is 13.6. The first kappa shape index (κ1) is 27.6. The Balaban J connectivity index is 1.41. The molecular weight excluding hydrogens is 573 g/mol. The Bertz CT molecular complexity index is 1630. The average Bonchev–Trinajstić information content (AvgIpc) is 3.52. The van der Waals surface area contributed by atoms with Gasteiger partial charge in [-0.1, -0.05) is 30.7 Å². The van der Waals surface area contributed by atoms with Gasteiger partial charge in [-0.05, 0) is 66.4 Å². The van der Waals surface area contributed by atoms with E-state index in [-0.39, 0.29) is 29.5 Å². The van der Waals surface area contributed by atoms with E-state index in [2.05, 4.69) is 10.3 Å². The summed E-state index contributed by atoms with van der Waals surface area (Å²) in [6.07, 6.45) is 1.64. The van der Waals surface area contributed by atoms with E-state index < -0.39 is 43.6 Å². The molecule has 2 atom stereocenters. The second-order valence-electron chi connectivity index (χ2n) is 9.44. The van der Waals surface area contributed by atoms with Gasteiger partial charge in [0.2, 0.25) is 0 Å². The lowest BCUT2D eigenvalue weighted by Gasteiger charge is -2.22. The van der Waals surface area contributed by atoms with Crippen LogP contribution in [0.1, 0.15) is 29.4 Å². The molecule has 1 aliphatic heterocycles. The molecule has 2 unspecified atom stereocenters. The molecule has 2 heterocycles. The number of carbonyl (C=O) groups excluding carboxylic acids is 3. The van der Waals surface area contributed by atoms with Crippen LogP contribution < -0.4 is 15.1 Å². The monoisotopic (exact) mass is 592 g/mol. The molecule has 5 rings (SSSR count). The third-order valence-corrected chi connectivity index (χ3v) is 8.69. The number of aromatic nitrogens is 1. The van der Waals surface area contributed by atoms with Crippen molar-refractivity contribution in [1.82, 2.24) is 10.3 Å². The Labute approximate surface area is 231 Å². The predicted octanol–water partition coefficient (Wildman–Crippen LogP) is 4.71. The third kappa shape index (κ3) is 4.48. The summed E-state index contributed by atoms with van der Waals surface area (Å²) in [7, 11) is -5.60. The van der Waals surface area contributed by atoms with Crippen LogP contribution in [0.15, 0.2) is 71.8 Å². The molecule has 9 nitrogen and oxygen atoms in total. The minimum absolute atomic E-state index is 0.00433. The van der Waals surface area contributed by atoms with Crippen molar-refractivity contribution < 1.29 is 36.0 Å². The molecule has 3 aromatic rings. The zero-order valence-corrected chi connectivity index (χ0v) is 22.2. The number of nitrogens with one attached hydrogen (secondary N) is 1. The Morgan fingerprint density at radius 3 is 2.27 bits per heavy atom. The lowest BCUT2D eigenvalue weighted by molar-refractivity contribution is -0.119. The molecule has 208 valence electrons. The van der Waals surface area contributed by atoms with Crippen LogP contribution in [0.2, 0.25) is 5.02 Å². The van der Waals surface area contributed by atoms with Gasteiger partial charge in [-0.2, -0.15) is 13.2 Å². The van der Waals surface area contributed by atoms with E-state index in [4.69, 9.17) is 11.6 Å². The molecule has 1 saturated heterocycles. The van der Waals surface area contributed by atoms with Gasteiger partial charge in [-0.3, -0.25) is 19.5 Å². The van der Waals surface area contributed by atoms with E-state index in [0.29, 0.717) is 23.6 Å². The number of anilines is 2. The van der Waals surface area contributed by atoms with Gasteiger partial charge in [0.15, 0.2) is 0 Å². The smallest absolute Gasteiger partial charge is 0.347 e. The predicted molar refractivity (Wildman–Crippen MR) is 138 cm³/mol. The molecule has 4 amide bonds. The highest BCUT2D eigenvalue weighted by Gasteiger charge is 2.70. The standard InChI is InChI=1S/C26H20ClF3N4O5S/c1-15-13-25(15)23(36)33(18-6-8-20(9-7-18)40(38,39)26(28,29)30)24(37)34(25)19-10-11-31-21(12-19)22(35)32-14-16-2-4-17(27)5-3-16/h2-12,15H,13-14H2,1H3,(H,32,35). The summed E-state index contributed by atoms with van der Waals surface area (Å²) < 4.78 is 62.2. The summed E-state index contributed by atoms with van der Waals surface area (Å²) in [5.74, 6) is -1.39. The number of benzene rings is 2. The number of nitrogens with zero attached hydrogens (tertiary/aromatic N) is 3. The van der Waals surface area contributed by atoms with Crippen LogP contribution in [0.25, 0.3) is 0 Å². The number of sulfone groups is 1. The van der Waals surface area contributed by atoms with Gasteiger partial charge in [-0.15, -0.1) is 0 Å². The zero-order valence-electron chi connectivity index (χ0n) is 20.6. The molecule has 0 bridgehead atoms. The van der Waals surface area contributed by atoms with Crippen LogP contribution in [0.5, 0.6) is 0 Å². The van der Waals surface area contributed by atoms with Crippen LogP contribution in [0.4, 0.5) is 29.3 Å². The van der Waals surface area contributed by atoms with Crippen molar-refractivity contribution in [2.45, 2.75) is 35.8 Å². The molecular formula is C26H20ClF3N4O5S. The van der Waals surface area contributed by atoms with Gasteiger partial charge in [0, 0.05) is 17.8 Å². The third-order valence-electron chi connectivity index (χ3n) is 6.94. The first-order valence-electron chi connectivity index (χ1n) is 11.9. The summed E-state index contributed by atoms with van der Waals surface area (Å²) in [4.78, 5) is 45.0. The molecule has 1 aromatic heterocycles. The molecule has 1 saturated carbocycles. The van der Waals surface area contributed by atoms with Crippen molar-refractivity contribution >= 4 is 50.7 Å². The minimum atomic E-state index is -5.60. The fraction of sp³-hybridized carbons (Fsp3) is 0.231. The molecule has 1 aliphatic carbocycles. The molecule has 2 aliphatic rings. The normalized spacial score (nSPS) is 20.8. The Morgan fingerprint density at radius 2 is 1.70 bits per heavy atom. The van der Waals surface area contributed by atoms with Crippen molar-refractivity contribution in [3.05, 3.63) is 83.1 Å². The van der Waals surface area contributed by atoms with E-state index in [1.807, 2.05) is 0 Å². The van der Waals surface area contributed by atoms with Gasteiger partial charge in [0.25, 0.3) is 21.7 Å². The number of imide groups is 1. The topological polar surface area (TPSA) is 117 Å². The van der Waals surface area contributed by atoms with Gasteiger partial charge in [0.05, 0.1) is 16.3 Å². The van der Waals surface area contributed by atoms with Crippen LogP contribution in [-0.4, -0.2) is 42.3 Å². The van der Waals surface area contributed by atoms with Crippen LogP contribution in [0.3, 0.4) is 0 Å². The van der Waals surface area contributed by atoms with Crippen LogP contribution in [0, 0.1) is 5.92 Å². The van der Waals surface area contributed by atoms with Crippen molar-refractivity contribution in [2.24, 2.45) is 5.92 Å². The van der Waals surface area contributed by atoms with E-state index >= 15 is 0 Å². The van der Waals surface area contributed by atoms with Crippen LogP contribution in [-0.2, 0) is 21.2 Å². The quantitative estimate of drug-likeness (QED) is 0.414. The fourth-order valence-corrected chi connectivity index (χ4v) is 5.59. The summed E-state index contributed by atoms with van der Waals surface area (Å²) in [5, 5.41) is 3.28. The summed E-state index contributed by atoms with van der Waals surface area (Å²) in [6, 6.07) is 12.2. The second kappa shape index (κ2) is 9.59. The summed E-state index contributed by atoms with van der Waals surface area (Å²) >= 11 is 5.88. The summed E-state index contributed by atoms with van der Waals surface area (Å²) in [6.45, 7) is 1.96. The van der Waals surface area contributed by atoms with Gasteiger partial charge < -0.3 is 5.32 Å². The van der Waals surface area contributed by atoms with E-state index in [9.17, 15) is 36.0 Å². The lowest BCUT2D eigenvalue weighted by atomic mass is 10.1. The minimum Gasteiger partial charge on any atom is -0.347 e. The second-order valence-corrected chi connectivity index (χ2v) is 11.8. The molecule has 1 spiro atoms. The number of halogens is 4. The van der Waals surface area contributed by atoms with Crippen LogP contribution >= 0.6 is 11.6 Å². The lowest BCUT2D eigenvalue weighted by Crippen LogP contribution is -2.39. The largest absolute Gasteiger partial charge is 0.501 e. The average molecular weight is 593 g/mol. The first-order valence-corrected chi connectivity index (χ1v) is 13.7. The molecule has 14 heteroatoms. The number of pyridine rings is 1. The Morgan fingerprint density at radius 1 is 1.07 bits per heavy atom. The summed E-state index contributed by atoms with van der Waals surface area (Å²) in [5.41, 5.74) is -5.83. The number of hydrogen-bond donors (Lipinski definition) is 1. The van der Waals surface area contributed by atoms with Gasteiger partial charge in [0.1, 0.15) is 11.2 Å². The molecule has 0 radical (unpaired) electrons. The highest BCUT2D eigenvalue weighted by molar-refractivity contribution is 7.92. The van der Waals surface area contributed by atoms with E-state index in [0.717, 1.165) is 22.6 Å². The van der Waals surface area contributed by atoms with Gasteiger partial charge >= 0.3 is 11.5 Å². The van der Waals surface area contributed by atoms with E-state index in [1.165, 1.54) is 23.2 Å². The number of amides is 4. The number of urea groups is 1. The number of rotatable bonds is 6. The maximum Gasteiger partial charge on any atom is 0.501 e. The van der Waals surface area contributed by atoms with Crippen molar-refractivity contribution in [2.75, 3.05) is 9.80 Å². The van der Waals surface area contributed by atoms with Gasteiger partial charge in [-0.25, -0.2) is 18.1 Å². The Kier molecular flexibility index (Phi) is 6.62. The Hall–Kier alpha value is -3.97. The van der Waals surface area contributed by atoms with Crippen molar-refractivity contribution in [3.8, 4) is 0 Å². The fourth-order valence-electron chi connectivity index (χ4n) is 4.70.